The smallest absolute Gasteiger partial charge is 0.259 e. The standard InChI is InChI=1S/C8H6N2O4/c11-9(12)6-8(10(13)14)7-4-2-1-3-5-7/h1-6H/b8-6+. The van der Waals surface area contributed by atoms with Crippen LogP contribution in [0.25, 0.3) is 5.70 Å². The minimum absolute atomic E-state index is 0.217. The Morgan fingerprint density at radius 2 is 1.71 bits per heavy atom. The van der Waals surface area contributed by atoms with Crippen LogP contribution in [0.1, 0.15) is 5.56 Å². The highest BCUT2D eigenvalue weighted by atomic mass is 16.6. The summed E-state index contributed by atoms with van der Waals surface area (Å²) >= 11 is 0. The van der Waals surface area contributed by atoms with Gasteiger partial charge in [0.15, 0.2) is 0 Å². The van der Waals surface area contributed by atoms with E-state index in [2.05, 4.69) is 0 Å². The molecule has 6 nitrogen and oxygen atoms in total. The van der Waals surface area contributed by atoms with Crippen LogP contribution < -0.4 is 0 Å². The highest BCUT2D eigenvalue weighted by Gasteiger charge is 2.18. The molecule has 0 atom stereocenters. The van der Waals surface area contributed by atoms with Gasteiger partial charge in [0.1, 0.15) is 0 Å². The number of benzene rings is 1. The van der Waals surface area contributed by atoms with Crippen LogP contribution in [0.2, 0.25) is 0 Å². The molecule has 0 amide bonds. The van der Waals surface area contributed by atoms with Crippen LogP contribution in [0.15, 0.2) is 36.5 Å². The van der Waals surface area contributed by atoms with Crippen LogP contribution in [0.3, 0.4) is 0 Å². The Bertz CT molecular complexity index is 386. The van der Waals surface area contributed by atoms with Gasteiger partial charge in [0.25, 0.3) is 0 Å². The molecule has 0 aliphatic heterocycles. The maximum absolute atomic E-state index is 10.5. The lowest BCUT2D eigenvalue weighted by atomic mass is 10.2. The summed E-state index contributed by atoms with van der Waals surface area (Å²) in [4.78, 5) is 19.0. The number of rotatable bonds is 3. The lowest BCUT2D eigenvalue weighted by Gasteiger charge is -1.94. The molecule has 0 aliphatic rings. The first-order chi connectivity index (χ1) is 6.61. The molecule has 1 aromatic carbocycles. The number of hydrogen-bond donors (Lipinski definition) is 0. The Kier molecular flexibility index (Phi) is 2.90. The van der Waals surface area contributed by atoms with Gasteiger partial charge < -0.3 is 0 Å². The number of nitro groups is 2. The minimum Gasteiger partial charge on any atom is -0.259 e. The van der Waals surface area contributed by atoms with E-state index in [4.69, 9.17) is 0 Å². The van der Waals surface area contributed by atoms with Crippen molar-refractivity contribution in [2.75, 3.05) is 0 Å². The Hall–Kier alpha value is -2.24. The lowest BCUT2D eigenvalue weighted by molar-refractivity contribution is -0.425. The van der Waals surface area contributed by atoms with Crippen LogP contribution in [-0.4, -0.2) is 9.85 Å². The summed E-state index contributed by atoms with van der Waals surface area (Å²) in [5, 5.41) is 20.6. The third-order valence-corrected chi connectivity index (χ3v) is 1.49. The van der Waals surface area contributed by atoms with Crippen LogP contribution in [0, 0.1) is 20.2 Å². The molecular formula is C8H6N2O4. The average molecular weight is 194 g/mol. The van der Waals surface area contributed by atoms with Crippen molar-refractivity contribution in [3.8, 4) is 0 Å². The minimum atomic E-state index is -0.842. The van der Waals surface area contributed by atoms with Crippen molar-refractivity contribution in [3.63, 3.8) is 0 Å². The van der Waals surface area contributed by atoms with Gasteiger partial charge in [-0.2, -0.15) is 0 Å². The van der Waals surface area contributed by atoms with E-state index in [0.717, 1.165) is 0 Å². The van der Waals surface area contributed by atoms with Crippen molar-refractivity contribution in [2.24, 2.45) is 0 Å². The summed E-state index contributed by atoms with van der Waals surface area (Å²) in [6, 6.07) is 7.71. The second-order valence-corrected chi connectivity index (χ2v) is 2.42. The molecule has 0 heterocycles. The second kappa shape index (κ2) is 4.13. The molecule has 0 fully saturated rings. The summed E-state index contributed by atoms with van der Waals surface area (Å²) in [6.07, 6.45) is 0.384. The van der Waals surface area contributed by atoms with E-state index in [1.165, 1.54) is 12.1 Å². The van der Waals surface area contributed by atoms with Crippen molar-refractivity contribution in [1.82, 2.24) is 0 Å². The average Bonchev–Trinajstić information content (AvgIpc) is 2.15. The SMILES string of the molecule is O=[N+]([O-])/C=C(\c1ccccc1)[N+](=O)[O-]. The predicted octanol–water partition coefficient (Wildman–Crippen LogP) is 1.54. The molecule has 1 aromatic rings. The van der Waals surface area contributed by atoms with Crippen LogP contribution in [-0.2, 0) is 0 Å². The molecular weight excluding hydrogens is 188 g/mol. The van der Waals surface area contributed by atoms with Crippen molar-refractivity contribution in [3.05, 3.63) is 62.3 Å². The first kappa shape index (κ1) is 9.85. The zero-order chi connectivity index (χ0) is 10.6. The molecule has 0 aromatic heterocycles. The molecule has 0 radical (unpaired) electrons. The van der Waals surface area contributed by atoms with Gasteiger partial charge in [-0.3, -0.25) is 20.2 Å². The van der Waals surface area contributed by atoms with E-state index in [0.29, 0.717) is 6.20 Å². The second-order valence-electron chi connectivity index (χ2n) is 2.42. The summed E-state index contributed by atoms with van der Waals surface area (Å²) in [6.45, 7) is 0. The maximum atomic E-state index is 10.5. The van der Waals surface area contributed by atoms with Crippen LogP contribution >= 0.6 is 0 Å². The van der Waals surface area contributed by atoms with E-state index in [1.807, 2.05) is 0 Å². The van der Waals surface area contributed by atoms with Crippen LogP contribution in [0.4, 0.5) is 0 Å². The molecule has 14 heavy (non-hydrogen) atoms. The topological polar surface area (TPSA) is 86.3 Å². The van der Waals surface area contributed by atoms with Crippen molar-refractivity contribution < 1.29 is 9.85 Å². The Morgan fingerprint density at radius 3 is 2.14 bits per heavy atom. The van der Waals surface area contributed by atoms with E-state index in [9.17, 15) is 20.2 Å². The largest absolute Gasteiger partial charge is 0.345 e. The predicted molar refractivity (Wildman–Crippen MR) is 48.4 cm³/mol. The summed E-state index contributed by atoms with van der Waals surface area (Å²) in [5.74, 6) is 0. The van der Waals surface area contributed by atoms with Gasteiger partial charge in [-0.05, 0) is 12.1 Å². The molecule has 6 heteroatoms. The molecule has 0 saturated heterocycles. The molecule has 72 valence electrons. The van der Waals surface area contributed by atoms with Gasteiger partial charge in [-0.25, -0.2) is 0 Å². The van der Waals surface area contributed by atoms with Gasteiger partial charge in [-0.1, -0.05) is 18.2 Å². The summed E-state index contributed by atoms with van der Waals surface area (Å²) in [7, 11) is 0. The molecule has 0 N–H and O–H groups in total. The number of nitrogens with zero attached hydrogens (tertiary/aromatic N) is 2. The van der Waals surface area contributed by atoms with Gasteiger partial charge in [0.05, 0.1) is 15.4 Å². The van der Waals surface area contributed by atoms with E-state index < -0.39 is 15.5 Å². The fourth-order valence-corrected chi connectivity index (χ4v) is 0.936. The van der Waals surface area contributed by atoms with Crippen molar-refractivity contribution in [2.45, 2.75) is 0 Å². The molecule has 0 aliphatic carbocycles. The van der Waals surface area contributed by atoms with Crippen molar-refractivity contribution >= 4 is 5.70 Å². The Labute approximate surface area is 78.8 Å². The maximum Gasteiger partial charge on any atom is 0.345 e. The van der Waals surface area contributed by atoms with Gasteiger partial charge in [-0.15, -0.1) is 0 Å². The first-order valence-corrected chi connectivity index (χ1v) is 3.66. The molecule has 0 bridgehead atoms. The van der Waals surface area contributed by atoms with Crippen molar-refractivity contribution in [1.29, 1.82) is 0 Å². The number of hydrogen-bond acceptors (Lipinski definition) is 4. The van der Waals surface area contributed by atoms with E-state index >= 15 is 0 Å². The molecule has 0 saturated carbocycles. The van der Waals surface area contributed by atoms with Gasteiger partial charge in [0, 0.05) is 0 Å². The third kappa shape index (κ3) is 2.37. The van der Waals surface area contributed by atoms with Gasteiger partial charge >= 0.3 is 11.9 Å². The first-order valence-electron chi connectivity index (χ1n) is 3.66. The molecule has 1 rings (SSSR count). The zero-order valence-electron chi connectivity index (χ0n) is 6.99. The zero-order valence-corrected chi connectivity index (χ0v) is 6.99. The monoisotopic (exact) mass is 194 g/mol. The fraction of sp³-hybridized carbons (Fsp3) is 0. The van der Waals surface area contributed by atoms with Crippen LogP contribution in [0.5, 0.6) is 0 Å². The van der Waals surface area contributed by atoms with E-state index in [-0.39, 0.29) is 5.56 Å². The highest BCUT2D eigenvalue weighted by Crippen LogP contribution is 2.13. The van der Waals surface area contributed by atoms with E-state index in [1.54, 1.807) is 18.2 Å². The summed E-state index contributed by atoms with van der Waals surface area (Å²) < 4.78 is 0. The quantitative estimate of drug-likeness (QED) is 0.539. The summed E-state index contributed by atoms with van der Waals surface area (Å²) in [5.41, 5.74) is -0.301. The highest BCUT2D eigenvalue weighted by molar-refractivity contribution is 5.56. The molecule has 0 unspecified atom stereocenters. The lowest BCUT2D eigenvalue weighted by Crippen LogP contribution is -2.00. The Balaban J connectivity index is 3.14. The van der Waals surface area contributed by atoms with Gasteiger partial charge in [0.2, 0.25) is 0 Å². The normalized spacial score (nSPS) is 11.0. The fourth-order valence-electron chi connectivity index (χ4n) is 0.936. The molecule has 0 spiro atoms. The Morgan fingerprint density at radius 1 is 1.14 bits per heavy atom. The third-order valence-electron chi connectivity index (χ3n) is 1.49.